The first-order valence-corrected chi connectivity index (χ1v) is 12.5. The molecule has 36 heavy (non-hydrogen) atoms. The van der Waals surface area contributed by atoms with Crippen molar-refractivity contribution in [1.82, 2.24) is 25.3 Å². The van der Waals surface area contributed by atoms with Crippen molar-refractivity contribution in [3.05, 3.63) is 70.7 Å². The Balaban J connectivity index is 1.56. The second-order valence-electron chi connectivity index (χ2n) is 8.62. The molecule has 1 amide bonds. The first-order chi connectivity index (χ1) is 17.6. The number of rotatable bonds is 11. The Morgan fingerprint density at radius 3 is 2.75 bits per heavy atom. The van der Waals surface area contributed by atoms with Crippen LogP contribution in [0.4, 0.5) is 5.82 Å². The lowest BCUT2D eigenvalue weighted by atomic mass is 9.96. The molecule has 1 aromatic carbocycles. The SMILES string of the molecule is CCOC[C@@H]1CCCC1c1ncc(C(=O)NCc2ncccn2)c(NCc2ccc(OC)c(Cl)c2)n1. The van der Waals surface area contributed by atoms with E-state index < -0.39 is 0 Å². The van der Waals surface area contributed by atoms with Gasteiger partial charge in [-0.3, -0.25) is 4.79 Å². The summed E-state index contributed by atoms with van der Waals surface area (Å²) in [5, 5.41) is 6.70. The molecular weight excluding hydrogens is 480 g/mol. The van der Waals surface area contributed by atoms with Gasteiger partial charge in [0.05, 0.1) is 25.3 Å². The minimum absolute atomic E-state index is 0.197. The average molecular weight is 511 g/mol. The molecule has 1 aliphatic rings. The van der Waals surface area contributed by atoms with Crippen molar-refractivity contribution in [2.45, 2.75) is 45.2 Å². The van der Waals surface area contributed by atoms with Crippen LogP contribution in [0.1, 0.15) is 59.7 Å². The van der Waals surface area contributed by atoms with Gasteiger partial charge in [0.2, 0.25) is 0 Å². The second-order valence-corrected chi connectivity index (χ2v) is 9.02. The fourth-order valence-corrected chi connectivity index (χ4v) is 4.68. The van der Waals surface area contributed by atoms with Crippen LogP contribution in [0.5, 0.6) is 5.75 Å². The number of aromatic nitrogens is 4. The quantitative estimate of drug-likeness (QED) is 0.390. The van der Waals surface area contributed by atoms with Crippen LogP contribution in [0, 0.1) is 5.92 Å². The van der Waals surface area contributed by atoms with Crippen LogP contribution in [0.2, 0.25) is 5.02 Å². The highest BCUT2D eigenvalue weighted by molar-refractivity contribution is 6.32. The first kappa shape index (κ1) is 25.8. The number of hydrogen-bond acceptors (Lipinski definition) is 8. The largest absolute Gasteiger partial charge is 0.495 e. The van der Waals surface area contributed by atoms with E-state index in [2.05, 4.69) is 25.6 Å². The Morgan fingerprint density at radius 1 is 1.17 bits per heavy atom. The van der Waals surface area contributed by atoms with Gasteiger partial charge in [-0.1, -0.05) is 24.1 Å². The summed E-state index contributed by atoms with van der Waals surface area (Å²) in [5.74, 6) is 2.60. The van der Waals surface area contributed by atoms with Crippen LogP contribution in [0.3, 0.4) is 0 Å². The van der Waals surface area contributed by atoms with Gasteiger partial charge < -0.3 is 20.1 Å². The van der Waals surface area contributed by atoms with Gasteiger partial charge in [0.15, 0.2) is 0 Å². The van der Waals surface area contributed by atoms with Crippen molar-refractivity contribution in [2.75, 3.05) is 25.6 Å². The number of anilines is 1. The van der Waals surface area contributed by atoms with Gasteiger partial charge in [0, 0.05) is 37.7 Å². The lowest BCUT2D eigenvalue weighted by Gasteiger charge is -2.20. The fourth-order valence-electron chi connectivity index (χ4n) is 4.40. The Morgan fingerprint density at radius 2 is 2.00 bits per heavy atom. The maximum atomic E-state index is 13.1. The summed E-state index contributed by atoms with van der Waals surface area (Å²) in [7, 11) is 1.58. The van der Waals surface area contributed by atoms with Crippen molar-refractivity contribution >= 4 is 23.3 Å². The fraction of sp³-hybridized carbons (Fsp3) is 0.423. The van der Waals surface area contributed by atoms with E-state index >= 15 is 0 Å². The van der Waals surface area contributed by atoms with E-state index in [4.69, 9.17) is 26.1 Å². The predicted octanol–water partition coefficient (Wildman–Crippen LogP) is 4.39. The third-order valence-corrected chi connectivity index (χ3v) is 6.58. The molecule has 0 saturated heterocycles. The molecule has 1 fully saturated rings. The minimum Gasteiger partial charge on any atom is -0.495 e. The minimum atomic E-state index is -0.304. The highest BCUT2D eigenvalue weighted by atomic mass is 35.5. The number of carbonyl (C=O) groups excluding carboxylic acids is 1. The predicted molar refractivity (Wildman–Crippen MR) is 137 cm³/mol. The maximum Gasteiger partial charge on any atom is 0.256 e. The van der Waals surface area contributed by atoms with E-state index in [1.165, 1.54) is 0 Å². The maximum absolute atomic E-state index is 13.1. The molecule has 2 heterocycles. The number of hydrogen-bond donors (Lipinski definition) is 2. The molecule has 3 aromatic rings. The average Bonchev–Trinajstić information content (AvgIpc) is 3.38. The van der Waals surface area contributed by atoms with E-state index in [0.29, 0.717) is 53.7 Å². The normalized spacial score (nSPS) is 17.1. The number of methoxy groups -OCH3 is 1. The van der Waals surface area contributed by atoms with Crippen LogP contribution < -0.4 is 15.4 Å². The van der Waals surface area contributed by atoms with E-state index in [0.717, 1.165) is 30.7 Å². The number of nitrogens with zero attached hydrogens (tertiary/aromatic N) is 4. The number of carbonyl (C=O) groups is 1. The molecule has 1 unspecified atom stereocenters. The molecule has 9 nitrogen and oxygen atoms in total. The van der Waals surface area contributed by atoms with E-state index in [1.54, 1.807) is 31.8 Å². The molecule has 2 aromatic heterocycles. The Bertz CT molecular complexity index is 1160. The zero-order valence-electron chi connectivity index (χ0n) is 20.5. The summed E-state index contributed by atoms with van der Waals surface area (Å²) in [6, 6.07) is 7.29. The van der Waals surface area contributed by atoms with Crippen molar-refractivity contribution < 1.29 is 14.3 Å². The van der Waals surface area contributed by atoms with Gasteiger partial charge in [0.1, 0.15) is 28.8 Å². The summed E-state index contributed by atoms with van der Waals surface area (Å²) in [6.45, 7) is 4.01. The molecule has 0 bridgehead atoms. The molecule has 10 heteroatoms. The monoisotopic (exact) mass is 510 g/mol. The summed E-state index contributed by atoms with van der Waals surface area (Å²) >= 11 is 6.30. The molecule has 0 spiro atoms. The summed E-state index contributed by atoms with van der Waals surface area (Å²) in [6.07, 6.45) is 8.07. The van der Waals surface area contributed by atoms with Crippen LogP contribution in [-0.2, 0) is 17.8 Å². The van der Waals surface area contributed by atoms with E-state index in [1.807, 2.05) is 25.1 Å². The molecule has 1 aliphatic carbocycles. The van der Waals surface area contributed by atoms with Gasteiger partial charge in [-0.2, -0.15) is 0 Å². The van der Waals surface area contributed by atoms with Gasteiger partial charge in [0.25, 0.3) is 5.91 Å². The van der Waals surface area contributed by atoms with Gasteiger partial charge >= 0.3 is 0 Å². The third kappa shape index (κ3) is 6.47. The molecule has 190 valence electrons. The summed E-state index contributed by atoms with van der Waals surface area (Å²) in [5.41, 5.74) is 1.29. The number of halogens is 1. The Hall–Kier alpha value is -3.30. The van der Waals surface area contributed by atoms with Crippen molar-refractivity contribution in [1.29, 1.82) is 0 Å². The second kappa shape index (κ2) is 12.6. The van der Waals surface area contributed by atoms with Gasteiger partial charge in [-0.05, 0) is 49.4 Å². The lowest BCUT2D eigenvalue weighted by Crippen LogP contribution is -2.26. The standard InChI is InChI=1S/C26H31ClN6O3/c1-3-36-16-18-6-4-7-19(18)24-31-14-20(26(34)32-15-23-28-10-5-11-29-23)25(33-24)30-13-17-8-9-22(35-2)21(27)12-17/h5,8-12,14,18-19H,3-4,6-7,13,15-16H2,1-2H3,(H,32,34)(H,30,31,33)/t18-,19?/m0/s1. The molecule has 0 radical (unpaired) electrons. The van der Waals surface area contributed by atoms with Crippen molar-refractivity contribution in [3.8, 4) is 5.75 Å². The smallest absolute Gasteiger partial charge is 0.256 e. The van der Waals surface area contributed by atoms with E-state index in [9.17, 15) is 4.79 Å². The molecule has 0 aliphatic heterocycles. The van der Waals surface area contributed by atoms with Gasteiger partial charge in [-0.25, -0.2) is 19.9 Å². The third-order valence-electron chi connectivity index (χ3n) is 6.28. The van der Waals surface area contributed by atoms with Crippen LogP contribution in [0.15, 0.2) is 42.9 Å². The zero-order chi connectivity index (χ0) is 25.3. The Kier molecular flexibility index (Phi) is 9.02. The topological polar surface area (TPSA) is 111 Å². The lowest BCUT2D eigenvalue weighted by molar-refractivity contribution is 0.0949. The molecule has 4 rings (SSSR count). The highest BCUT2D eigenvalue weighted by Gasteiger charge is 2.31. The molecular formula is C26H31ClN6O3. The van der Waals surface area contributed by atoms with Crippen LogP contribution >= 0.6 is 11.6 Å². The molecule has 2 N–H and O–H groups in total. The summed E-state index contributed by atoms with van der Waals surface area (Å²) < 4.78 is 10.9. The van der Waals surface area contributed by atoms with Crippen LogP contribution in [-0.4, -0.2) is 46.2 Å². The number of amides is 1. The van der Waals surface area contributed by atoms with E-state index in [-0.39, 0.29) is 18.4 Å². The molecule has 1 saturated carbocycles. The van der Waals surface area contributed by atoms with Crippen LogP contribution in [0.25, 0.3) is 0 Å². The molecule has 2 atom stereocenters. The number of nitrogens with one attached hydrogen (secondary N) is 2. The number of benzene rings is 1. The number of ether oxygens (including phenoxy) is 2. The van der Waals surface area contributed by atoms with Crippen molar-refractivity contribution in [2.24, 2.45) is 5.92 Å². The van der Waals surface area contributed by atoms with Gasteiger partial charge in [-0.15, -0.1) is 0 Å². The highest BCUT2D eigenvalue weighted by Crippen LogP contribution is 2.38. The first-order valence-electron chi connectivity index (χ1n) is 12.1. The summed E-state index contributed by atoms with van der Waals surface area (Å²) in [4.78, 5) is 30.8. The zero-order valence-corrected chi connectivity index (χ0v) is 21.3. The Labute approximate surface area is 216 Å². The van der Waals surface area contributed by atoms with Crippen molar-refractivity contribution in [3.63, 3.8) is 0 Å².